The summed E-state index contributed by atoms with van der Waals surface area (Å²) in [6.45, 7) is 1.51. The van der Waals surface area contributed by atoms with E-state index in [-0.39, 0.29) is 11.8 Å². The molecule has 2 bridgehead atoms. The van der Waals surface area contributed by atoms with Gasteiger partial charge in [-0.3, -0.25) is 9.59 Å². The van der Waals surface area contributed by atoms with Crippen LogP contribution in [0.5, 0.6) is 0 Å². The van der Waals surface area contributed by atoms with Crippen LogP contribution in [0.25, 0.3) is 0 Å². The third-order valence-corrected chi connectivity index (χ3v) is 5.82. The van der Waals surface area contributed by atoms with Crippen molar-refractivity contribution in [3.8, 4) is 0 Å². The van der Waals surface area contributed by atoms with Gasteiger partial charge in [0.25, 0.3) is 5.91 Å². The predicted molar refractivity (Wildman–Crippen MR) is 87.8 cm³/mol. The number of rotatable bonds is 4. The molecule has 2 saturated carbocycles. The lowest BCUT2D eigenvalue weighted by Crippen LogP contribution is -2.38. The number of likely N-dealkylation sites (tertiary alicyclic amines) is 1. The number of nitrogens with one attached hydrogen (secondary N) is 1. The van der Waals surface area contributed by atoms with Crippen LogP contribution in [-0.2, 0) is 11.3 Å². The molecule has 1 aromatic carbocycles. The van der Waals surface area contributed by atoms with Crippen LogP contribution >= 0.6 is 0 Å². The van der Waals surface area contributed by atoms with E-state index in [4.69, 9.17) is 0 Å². The Labute approximate surface area is 137 Å². The molecule has 3 fully saturated rings. The van der Waals surface area contributed by atoms with Crippen molar-refractivity contribution < 1.29 is 9.59 Å². The van der Waals surface area contributed by atoms with Gasteiger partial charge in [0.05, 0.1) is 0 Å². The highest BCUT2D eigenvalue weighted by atomic mass is 16.2. The van der Waals surface area contributed by atoms with Crippen LogP contribution in [0, 0.1) is 11.8 Å². The lowest BCUT2D eigenvalue weighted by Gasteiger charge is -2.23. The molecule has 1 heterocycles. The Morgan fingerprint density at radius 3 is 2.61 bits per heavy atom. The van der Waals surface area contributed by atoms with Gasteiger partial charge in [-0.2, -0.15) is 0 Å². The van der Waals surface area contributed by atoms with Gasteiger partial charge in [-0.25, -0.2) is 0 Å². The molecule has 4 heteroatoms. The van der Waals surface area contributed by atoms with Crippen molar-refractivity contribution in [2.24, 2.45) is 11.8 Å². The largest absolute Gasteiger partial charge is 0.349 e. The summed E-state index contributed by atoms with van der Waals surface area (Å²) in [5.74, 6) is 1.82. The molecule has 23 heavy (non-hydrogen) atoms. The van der Waals surface area contributed by atoms with Crippen LogP contribution in [0.1, 0.15) is 54.4 Å². The number of amides is 2. The van der Waals surface area contributed by atoms with Gasteiger partial charge in [-0.05, 0) is 55.2 Å². The number of carbonyl (C=O) groups is 2. The minimum Gasteiger partial charge on any atom is -0.349 e. The average Bonchev–Trinajstić information content (AvgIpc) is 3.26. The fraction of sp³-hybridized carbons (Fsp3) is 0.579. The van der Waals surface area contributed by atoms with Gasteiger partial charge in [0.2, 0.25) is 5.91 Å². The molecule has 4 rings (SSSR count). The SMILES string of the molecule is O=C(N[C@H]1C[C@@H]2CC[C@@H]1C2)c1ccc(CN2CCCC2=O)cc1. The summed E-state index contributed by atoms with van der Waals surface area (Å²) in [5, 5.41) is 3.22. The second-order valence-electron chi connectivity index (χ2n) is 7.37. The first-order valence-electron chi connectivity index (χ1n) is 8.86. The fourth-order valence-corrected chi connectivity index (χ4v) is 4.53. The Morgan fingerprint density at radius 2 is 2.00 bits per heavy atom. The summed E-state index contributed by atoms with van der Waals surface area (Å²) in [6.07, 6.45) is 6.71. The Kier molecular flexibility index (Phi) is 3.83. The third kappa shape index (κ3) is 2.99. The molecule has 2 aliphatic carbocycles. The topological polar surface area (TPSA) is 49.4 Å². The maximum absolute atomic E-state index is 12.4. The second-order valence-corrected chi connectivity index (χ2v) is 7.37. The van der Waals surface area contributed by atoms with Crippen molar-refractivity contribution >= 4 is 11.8 Å². The van der Waals surface area contributed by atoms with Gasteiger partial charge in [-0.1, -0.05) is 18.6 Å². The molecule has 1 aromatic rings. The number of hydrogen-bond donors (Lipinski definition) is 1. The van der Waals surface area contributed by atoms with E-state index in [0.717, 1.165) is 36.4 Å². The molecule has 1 saturated heterocycles. The van der Waals surface area contributed by atoms with Gasteiger partial charge in [0, 0.05) is 31.1 Å². The van der Waals surface area contributed by atoms with E-state index < -0.39 is 0 Å². The van der Waals surface area contributed by atoms with Crippen LogP contribution in [0.4, 0.5) is 0 Å². The van der Waals surface area contributed by atoms with E-state index >= 15 is 0 Å². The highest BCUT2D eigenvalue weighted by molar-refractivity contribution is 5.94. The van der Waals surface area contributed by atoms with E-state index in [0.29, 0.717) is 24.9 Å². The van der Waals surface area contributed by atoms with Crippen molar-refractivity contribution in [2.45, 2.75) is 51.1 Å². The van der Waals surface area contributed by atoms with Crippen molar-refractivity contribution in [3.63, 3.8) is 0 Å². The molecular formula is C19H24N2O2. The summed E-state index contributed by atoms with van der Waals surface area (Å²) >= 11 is 0. The van der Waals surface area contributed by atoms with Crippen LogP contribution in [-0.4, -0.2) is 29.3 Å². The van der Waals surface area contributed by atoms with E-state index in [1.54, 1.807) is 0 Å². The zero-order chi connectivity index (χ0) is 15.8. The van der Waals surface area contributed by atoms with Crippen molar-refractivity contribution in [1.29, 1.82) is 0 Å². The van der Waals surface area contributed by atoms with Crippen LogP contribution in [0.15, 0.2) is 24.3 Å². The van der Waals surface area contributed by atoms with E-state index in [9.17, 15) is 9.59 Å². The maximum Gasteiger partial charge on any atom is 0.251 e. The van der Waals surface area contributed by atoms with Crippen LogP contribution in [0.3, 0.4) is 0 Å². The summed E-state index contributed by atoms with van der Waals surface area (Å²) in [5.41, 5.74) is 1.82. The lowest BCUT2D eigenvalue weighted by molar-refractivity contribution is -0.128. The predicted octanol–water partition coefficient (Wildman–Crippen LogP) is 2.73. The molecular weight excluding hydrogens is 288 g/mol. The molecule has 4 nitrogen and oxygen atoms in total. The number of carbonyl (C=O) groups excluding carboxylic acids is 2. The minimum atomic E-state index is 0.0475. The van der Waals surface area contributed by atoms with Gasteiger partial charge >= 0.3 is 0 Å². The quantitative estimate of drug-likeness (QED) is 0.929. The first-order valence-corrected chi connectivity index (χ1v) is 8.86. The molecule has 1 aliphatic heterocycles. The highest BCUT2D eigenvalue weighted by Gasteiger charge is 2.40. The molecule has 122 valence electrons. The molecule has 0 unspecified atom stereocenters. The van der Waals surface area contributed by atoms with Gasteiger partial charge < -0.3 is 10.2 Å². The second kappa shape index (κ2) is 5.99. The standard InChI is InChI=1S/C19H24N2O2/c22-18-2-1-9-21(18)12-13-3-6-15(7-4-13)19(23)20-17-11-14-5-8-16(17)10-14/h3-4,6-7,14,16-17H,1-2,5,8-12H2,(H,20,23)/t14-,16-,17+/m1/s1. The zero-order valence-corrected chi connectivity index (χ0v) is 13.5. The summed E-state index contributed by atoms with van der Waals surface area (Å²) in [7, 11) is 0. The molecule has 2 amide bonds. The Bertz CT molecular complexity index is 610. The highest BCUT2D eigenvalue weighted by Crippen LogP contribution is 2.44. The van der Waals surface area contributed by atoms with Gasteiger partial charge in [0.15, 0.2) is 0 Å². The maximum atomic E-state index is 12.4. The van der Waals surface area contributed by atoms with Crippen molar-refractivity contribution in [1.82, 2.24) is 10.2 Å². The number of fused-ring (bicyclic) bond motifs is 2. The average molecular weight is 312 g/mol. The smallest absolute Gasteiger partial charge is 0.251 e. The number of benzene rings is 1. The molecule has 0 aromatic heterocycles. The van der Waals surface area contributed by atoms with E-state index in [1.807, 2.05) is 29.2 Å². The Balaban J connectivity index is 1.35. The zero-order valence-electron chi connectivity index (χ0n) is 13.5. The molecule has 0 radical (unpaired) electrons. The molecule has 1 N–H and O–H groups in total. The van der Waals surface area contributed by atoms with Gasteiger partial charge in [0.1, 0.15) is 0 Å². The molecule has 3 aliphatic rings. The Hall–Kier alpha value is -1.84. The number of hydrogen-bond acceptors (Lipinski definition) is 2. The first-order chi connectivity index (χ1) is 11.2. The normalized spacial score (nSPS) is 29.3. The first kappa shape index (κ1) is 14.7. The number of nitrogens with zero attached hydrogens (tertiary/aromatic N) is 1. The van der Waals surface area contributed by atoms with E-state index in [2.05, 4.69) is 5.32 Å². The third-order valence-electron chi connectivity index (χ3n) is 5.82. The van der Waals surface area contributed by atoms with Crippen LogP contribution in [0.2, 0.25) is 0 Å². The lowest BCUT2D eigenvalue weighted by atomic mass is 9.95. The van der Waals surface area contributed by atoms with Gasteiger partial charge in [-0.15, -0.1) is 0 Å². The minimum absolute atomic E-state index is 0.0475. The summed E-state index contributed by atoms with van der Waals surface area (Å²) in [6, 6.07) is 8.10. The van der Waals surface area contributed by atoms with Crippen molar-refractivity contribution in [3.05, 3.63) is 35.4 Å². The molecule has 0 spiro atoms. The Morgan fingerprint density at radius 1 is 1.17 bits per heavy atom. The van der Waals surface area contributed by atoms with E-state index in [1.165, 1.54) is 19.3 Å². The summed E-state index contributed by atoms with van der Waals surface area (Å²) in [4.78, 5) is 26.0. The van der Waals surface area contributed by atoms with Crippen LogP contribution < -0.4 is 5.32 Å². The monoisotopic (exact) mass is 312 g/mol. The fourth-order valence-electron chi connectivity index (χ4n) is 4.53. The van der Waals surface area contributed by atoms with Crippen molar-refractivity contribution in [2.75, 3.05) is 6.54 Å². The summed E-state index contributed by atoms with van der Waals surface area (Å²) < 4.78 is 0. The molecule has 3 atom stereocenters.